The van der Waals surface area contributed by atoms with E-state index in [2.05, 4.69) is 5.32 Å². The van der Waals surface area contributed by atoms with E-state index in [1.807, 2.05) is 0 Å². The molecule has 206 valence electrons. The Hall–Kier alpha value is -2.63. The molecule has 0 aliphatic carbocycles. The third-order valence-corrected chi connectivity index (χ3v) is 6.24. The minimum Gasteiger partial charge on any atom is -0.349 e. The second-order valence-corrected chi connectivity index (χ2v) is 9.18. The normalized spacial score (nSPS) is 13.3. The Kier molecular flexibility index (Phi) is 10.4. The number of ketones is 2. The first-order chi connectivity index (χ1) is 17.4. The van der Waals surface area contributed by atoms with Crippen molar-refractivity contribution in [1.29, 1.82) is 0 Å². The number of benzene rings is 2. The van der Waals surface area contributed by atoms with E-state index in [1.54, 1.807) is 0 Å². The highest BCUT2D eigenvalue weighted by Crippen LogP contribution is 2.43. The van der Waals surface area contributed by atoms with Crippen molar-refractivity contribution >= 4 is 58.1 Å². The van der Waals surface area contributed by atoms with Crippen LogP contribution in [0.4, 0.5) is 30.7 Å². The molecule has 0 aliphatic rings. The molecule has 0 aliphatic heterocycles. The van der Waals surface area contributed by atoms with Crippen molar-refractivity contribution in [2.24, 2.45) is 0 Å². The Bertz CT molecular complexity index is 1250. The van der Waals surface area contributed by atoms with Gasteiger partial charge in [-0.2, -0.15) is 26.3 Å². The molecule has 1 atom stereocenters. The van der Waals surface area contributed by atoms with Crippen LogP contribution < -0.4 is 5.32 Å². The molecule has 1 unspecified atom stereocenters. The van der Waals surface area contributed by atoms with Crippen LogP contribution in [0.1, 0.15) is 52.7 Å². The molecule has 0 fully saturated rings. The highest BCUT2D eigenvalue weighted by Gasteiger charge is 2.41. The van der Waals surface area contributed by atoms with Crippen molar-refractivity contribution in [1.82, 2.24) is 5.32 Å². The van der Waals surface area contributed by atoms with Crippen LogP contribution in [0.25, 0.3) is 5.83 Å². The molecule has 1 amide bonds. The van der Waals surface area contributed by atoms with Crippen molar-refractivity contribution in [3.63, 3.8) is 0 Å². The molecule has 4 nitrogen and oxygen atoms in total. The second kappa shape index (κ2) is 12.5. The van der Waals surface area contributed by atoms with Gasteiger partial charge in [-0.3, -0.25) is 14.4 Å². The van der Waals surface area contributed by atoms with E-state index in [4.69, 9.17) is 34.8 Å². The quantitative estimate of drug-likeness (QED) is 0.179. The maximum Gasteiger partial charge on any atom is 0.417 e. The Morgan fingerprint density at radius 1 is 0.947 bits per heavy atom. The summed E-state index contributed by atoms with van der Waals surface area (Å²) in [5, 5.41) is 1.23. The van der Waals surface area contributed by atoms with Crippen molar-refractivity contribution in [3.8, 4) is 0 Å². The fraction of sp³-hybridized carbons (Fsp3) is 0.292. The number of hydrogen-bond donors (Lipinski definition) is 1. The number of amides is 1. The Morgan fingerprint density at radius 3 is 2.03 bits per heavy atom. The highest BCUT2D eigenvalue weighted by molar-refractivity contribution is 6.48. The van der Waals surface area contributed by atoms with Gasteiger partial charge in [0.2, 0.25) is 5.91 Å². The number of alkyl halides is 6. The third-order valence-electron chi connectivity index (χ3n) is 5.05. The molecule has 0 spiro atoms. The van der Waals surface area contributed by atoms with Gasteiger partial charge in [0.25, 0.3) is 0 Å². The van der Waals surface area contributed by atoms with Gasteiger partial charge in [0.1, 0.15) is 17.5 Å². The van der Waals surface area contributed by atoms with Crippen LogP contribution in [-0.4, -0.2) is 30.2 Å². The van der Waals surface area contributed by atoms with E-state index in [0.717, 1.165) is 12.1 Å². The summed E-state index contributed by atoms with van der Waals surface area (Å²) in [7, 11) is 0. The molecule has 38 heavy (non-hydrogen) atoms. The number of Topliss-reactive ketones (excluding diaryl/α,β-unsaturated/α-hetero) is 2. The smallest absolute Gasteiger partial charge is 0.349 e. The molecule has 2 aromatic rings. The first-order valence-corrected chi connectivity index (χ1v) is 11.6. The largest absolute Gasteiger partial charge is 0.417 e. The van der Waals surface area contributed by atoms with Gasteiger partial charge < -0.3 is 5.32 Å². The van der Waals surface area contributed by atoms with Gasteiger partial charge in [-0.05, 0) is 36.8 Å². The summed E-state index contributed by atoms with van der Waals surface area (Å²) >= 11 is 17.3. The predicted molar refractivity (Wildman–Crippen MR) is 128 cm³/mol. The van der Waals surface area contributed by atoms with Crippen molar-refractivity contribution in [2.75, 3.05) is 6.54 Å². The van der Waals surface area contributed by atoms with Crippen LogP contribution in [0.15, 0.2) is 36.4 Å². The van der Waals surface area contributed by atoms with Crippen LogP contribution in [0.5, 0.6) is 0 Å². The number of allylic oxidation sites excluding steroid dienone is 1. The first-order valence-electron chi connectivity index (χ1n) is 10.5. The zero-order chi connectivity index (χ0) is 29.0. The standard InChI is InChI=1S/C24H17Cl3F7NO3/c1-11(36)10-35-21(38)5-4-20(37)14-3-2-12(6-16(14)24(32,33)34)19(28)9-15(23(29,30)31)13-7-17(25)22(27)18(26)8-13/h2-3,6-9,15H,4-5,10H2,1H3,(H,35,38)/b19-9-. The predicted octanol–water partition coefficient (Wildman–Crippen LogP) is 7.99. The van der Waals surface area contributed by atoms with Gasteiger partial charge in [0.05, 0.1) is 27.2 Å². The summed E-state index contributed by atoms with van der Waals surface area (Å²) in [6.07, 6.45) is -11.4. The molecule has 0 aromatic heterocycles. The topological polar surface area (TPSA) is 63.2 Å². The molecule has 2 aromatic carbocycles. The lowest BCUT2D eigenvalue weighted by Gasteiger charge is -2.19. The van der Waals surface area contributed by atoms with Crippen LogP contribution in [0, 0.1) is 0 Å². The molecule has 14 heteroatoms. The minimum atomic E-state index is -5.18. The summed E-state index contributed by atoms with van der Waals surface area (Å²) in [5.74, 6) is -6.58. The Balaban J connectivity index is 2.44. The lowest BCUT2D eigenvalue weighted by atomic mass is 9.94. The molecule has 1 N–H and O–H groups in total. The molecule has 2 rings (SSSR count). The zero-order valence-electron chi connectivity index (χ0n) is 19.2. The van der Waals surface area contributed by atoms with Gasteiger partial charge in [-0.15, -0.1) is 0 Å². The zero-order valence-corrected chi connectivity index (χ0v) is 21.4. The molecule has 0 bridgehead atoms. The van der Waals surface area contributed by atoms with Crippen LogP contribution in [0.2, 0.25) is 15.1 Å². The lowest BCUT2D eigenvalue weighted by molar-refractivity contribution is -0.140. The van der Waals surface area contributed by atoms with Gasteiger partial charge >= 0.3 is 12.4 Å². The Morgan fingerprint density at radius 2 is 1.53 bits per heavy atom. The minimum absolute atomic E-state index is 0.0479. The van der Waals surface area contributed by atoms with Crippen LogP contribution in [-0.2, 0) is 15.8 Å². The summed E-state index contributed by atoms with van der Waals surface area (Å²) in [6.45, 7) is 0.862. The summed E-state index contributed by atoms with van der Waals surface area (Å²) in [5.41, 5.74) is -4.00. The van der Waals surface area contributed by atoms with Gasteiger partial charge in [-0.1, -0.05) is 46.9 Å². The lowest BCUT2D eigenvalue weighted by Crippen LogP contribution is -2.28. The summed E-state index contributed by atoms with van der Waals surface area (Å²) in [4.78, 5) is 34.9. The van der Waals surface area contributed by atoms with E-state index in [-0.39, 0.29) is 39.5 Å². The molecule has 0 radical (unpaired) electrons. The van der Waals surface area contributed by atoms with Gasteiger partial charge in [0, 0.05) is 24.0 Å². The second-order valence-electron chi connectivity index (χ2n) is 7.99. The monoisotopic (exact) mass is 605 g/mol. The fourth-order valence-electron chi connectivity index (χ4n) is 3.22. The van der Waals surface area contributed by atoms with Crippen LogP contribution >= 0.6 is 34.8 Å². The van der Waals surface area contributed by atoms with Gasteiger partial charge in [0.15, 0.2) is 5.78 Å². The maximum absolute atomic E-state index is 14.9. The highest BCUT2D eigenvalue weighted by atomic mass is 35.5. The third kappa shape index (κ3) is 8.44. The number of halogens is 10. The van der Waals surface area contributed by atoms with E-state index < -0.39 is 70.9 Å². The number of nitrogens with one attached hydrogen (secondary N) is 1. The van der Waals surface area contributed by atoms with E-state index in [0.29, 0.717) is 12.1 Å². The summed E-state index contributed by atoms with van der Waals surface area (Å²) in [6, 6.07) is 3.11. The average Bonchev–Trinajstić information content (AvgIpc) is 2.80. The molecular weight excluding hydrogens is 590 g/mol. The molecule has 0 saturated heterocycles. The number of carbonyl (C=O) groups is 3. The molecule has 0 heterocycles. The van der Waals surface area contributed by atoms with E-state index in [1.165, 1.54) is 6.92 Å². The molecule has 0 saturated carbocycles. The van der Waals surface area contributed by atoms with E-state index in [9.17, 15) is 45.1 Å². The van der Waals surface area contributed by atoms with Gasteiger partial charge in [-0.25, -0.2) is 4.39 Å². The maximum atomic E-state index is 14.9. The fourth-order valence-corrected chi connectivity index (χ4v) is 3.83. The van der Waals surface area contributed by atoms with Crippen molar-refractivity contribution < 1.29 is 45.1 Å². The SMILES string of the molecule is CC(=O)CNC(=O)CCC(=O)c1ccc(/C(F)=C/C(c2cc(Cl)c(Cl)c(Cl)c2)C(F)(F)F)cc1C(F)(F)F. The van der Waals surface area contributed by atoms with Crippen LogP contribution in [0.3, 0.4) is 0 Å². The van der Waals surface area contributed by atoms with Crippen molar-refractivity contribution in [3.05, 3.63) is 73.7 Å². The number of rotatable bonds is 9. The number of hydrogen-bond acceptors (Lipinski definition) is 3. The Labute approximate surface area is 226 Å². The van der Waals surface area contributed by atoms with E-state index >= 15 is 0 Å². The first kappa shape index (κ1) is 31.6. The van der Waals surface area contributed by atoms with Crippen molar-refractivity contribution in [2.45, 2.75) is 38.0 Å². The molecular formula is C24H17Cl3F7NO3. The summed E-state index contributed by atoms with van der Waals surface area (Å²) < 4.78 is 97.1. The number of carbonyl (C=O) groups excluding carboxylic acids is 3. The average molecular weight is 607 g/mol.